The van der Waals surface area contributed by atoms with Crippen LogP contribution in [0.2, 0.25) is 0 Å². The number of ether oxygens (including phenoxy) is 1. The van der Waals surface area contributed by atoms with Crippen LogP contribution in [0, 0.1) is 11.3 Å². The Bertz CT molecular complexity index is 657. The van der Waals surface area contributed by atoms with Crippen molar-refractivity contribution in [2.75, 3.05) is 27.2 Å². The first kappa shape index (κ1) is 16.6. The molecule has 0 bridgehead atoms. The fraction of sp³-hybridized carbons (Fsp3) is 0.294. The van der Waals surface area contributed by atoms with Crippen LogP contribution in [0.3, 0.4) is 0 Å². The molecule has 1 atom stereocenters. The van der Waals surface area contributed by atoms with Crippen LogP contribution < -0.4 is 10.1 Å². The maximum atomic E-state index is 11.9. The van der Waals surface area contributed by atoms with Crippen molar-refractivity contribution in [3.63, 3.8) is 0 Å². The number of nitrogens with zero attached hydrogens (tertiary/aromatic N) is 2. The molecule has 1 amide bonds. The number of hydrogen-bond donors (Lipinski definition) is 1. The van der Waals surface area contributed by atoms with Crippen LogP contribution in [0.5, 0.6) is 5.75 Å². The molecule has 120 valence electrons. The summed E-state index contributed by atoms with van der Waals surface area (Å²) in [5.74, 6) is 1.13. The second-order valence-corrected chi connectivity index (χ2v) is 5.22. The lowest BCUT2D eigenvalue weighted by molar-refractivity contribution is -0.123. The summed E-state index contributed by atoms with van der Waals surface area (Å²) in [6.45, 7) is 0.348. The Hall–Kier alpha value is -2.78. The first-order chi connectivity index (χ1) is 11.1. The highest BCUT2D eigenvalue weighted by atomic mass is 16.5. The summed E-state index contributed by atoms with van der Waals surface area (Å²) >= 11 is 0. The van der Waals surface area contributed by atoms with E-state index in [-0.39, 0.29) is 18.6 Å². The standard InChI is InChI=1S/C17H19N3O3/c1-20(2)15(16-4-3-9-22-16)11-19-17(21)12-23-14-7-5-13(10-18)6-8-14/h3-9,15H,11-12H2,1-2H3,(H,19,21). The number of rotatable bonds is 7. The largest absolute Gasteiger partial charge is 0.484 e. The second-order valence-electron chi connectivity index (χ2n) is 5.22. The molecule has 0 saturated heterocycles. The van der Waals surface area contributed by atoms with Gasteiger partial charge in [0.05, 0.1) is 23.9 Å². The first-order valence-corrected chi connectivity index (χ1v) is 7.19. The molecule has 0 fully saturated rings. The monoisotopic (exact) mass is 313 g/mol. The minimum absolute atomic E-state index is 0.0381. The van der Waals surface area contributed by atoms with E-state index in [0.29, 0.717) is 17.9 Å². The molecule has 2 rings (SSSR count). The van der Waals surface area contributed by atoms with Crippen LogP contribution in [-0.4, -0.2) is 38.1 Å². The molecular formula is C17H19N3O3. The Morgan fingerprint density at radius 2 is 2.09 bits per heavy atom. The summed E-state index contributed by atoms with van der Waals surface area (Å²) in [4.78, 5) is 13.9. The SMILES string of the molecule is CN(C)C(CNC(=O)COc1ccc(C#N)cc1)c1ccco1. The van der Waals surface area contributed by atoms with Crippen molar-refractivity contribution in [2.45, 2.75) is 6.04 Å². The molecule has 0 aliphatic rings. The van der Waals surface area contributed by atoms with Crippen molar-refractivity contribution < 1.29 is 13.9 Å². The normalized spacial score (nSPS) is 11.7. The molecule has 23 heavy (non-hydrogen) atoms. The quantitative estimate of drug-likeness (QED) is 0.845. The Kier molecular flexibility index (Phi) is 5.78. The molecule has 2 aromatic rings. The van der Waals surface area contributed by atoms with Crippen molar-refractivity contribution in [1.82, 2.24) is 10.2 Å². The number of hydrogen-bond acceptors (Lipinski definition) is 5. The van der Waals surface area contributed by atoms with Crippen LogP contribution in [-0.2, 0) is 4.79 Å². The van der Waals surface area contributed by atoms with E-state index in [0.717, 1.165) is 5.76 Å². The van der Waals surface area contributed by atoms with E-state index in [1.807, 2.05) is 37.2 Å². The van der Waals surface area contributed by atoms with Gasteiger partial charge in [-0.05, 0) is 50.5 Å². The van der Waals surface area contributed by atoms with E-state index in [2.05, 4.69) is 5.32 Å². The average Bonchev–Trinajstić information content (AvgIpc) is 3.07. The van der Waals surface area contributed by atoms with Gasteiger partial charge in [0.25, 0.3) is 5.91 Å². The molecule has 0 spiro atoms. The number of benzene rings is 1. The van der Waals surface area contributed by atoms with Gasteiger partial charge in [-0.2, -0.15) is 5.26 Å². The summed E-state index contributed by atoms with van der Waals surface area (Å²) < 4.78 is 10.8. The fourth-order valence-electron chi connectivity index (χ4n) is 2.05. The number of likely N-dealkylation sites (N-methyl/N-ethyl adjacent to an activating group) is 1. The van der Waals surface area contributed by atoms with Crippen LogP contribution >= 0.6 is 0 Å². The number of carbonyl (C=O) groups excluding carboxylic acids is 1. The minimum atomic E-state index is -0.215. The number of furan rings is 1. The molecule has 0 aliphatic heterocycles. The lowest BCUT2D eigenvalue weighted by Gasteiger charge is -2.22. The molecule has 1 aromatic carbocycles. The molecule has 6 heteroatoms. The van der Waals surface area contributed by atoms with Crippen molar-refractivity contribution in [1.29, 1.82) is 5.26 Å². The van der Waals surface area contributed by atoms with Crippen molar-refractivity contribution in [3.8, 4) is 11.8 Å². The van der Waals surface area contributed by atoms with Crippen LogP contribution in [0.1, 0.15) is 17.4 Å². The third-order valence-corrected chi connectivity index (χ3v) is 3.34. The van der Waals surface area contributed by atoms with E-state index in [1.54, 1.807) is 30.5 Å². The second kappa shape index (κ2) is 8.01. The molecule has 1 unspecified atom stereocenters. The Balaban J connectivity index is 1.81. The van der Waals surface area contributed by atoms with Crippen LogP contribution in [0.25, 0.3) is 0 Å². The highest BCUT2D eigenvalue weighted by Gasteiger charge is 2.17. The summed E-state index contributed by atoms with van der Waals surface area (Å²) in [6, 6.07) is 12.3. The summed E-state index contributed by atoms with van der Waals surface area (Å²) in [5.41, 5.74) is 0.550. The molecule has 1 N–H and O–H groups in total. The molecule has 0 radical (unpaired) electrons. The molecule has 6 nitrogen and oxygen atoms in total. The van der Waals surface area contributed by atoms with E-state index >= 15 is 0 Å². The van der Waals surface area contributed by atoms with Gasteiger partial charge < -0.3 is 14.5 Å². The van der Waals surface area contributed by atoms with Crippen molar-refractivity contribution in [3.05, 3.63) is 54.0 Å². The lowest BCUT2D eigenvalue weighted by Crippen LogP contribution is -2.36. The summed E-state index contributed by atoms with van der Waals surface area (Å²) in [7, 11) is 3.85. The summed E-state index contributed by atoms with van der Waals surface area (Å²) in [5, 5.41) is 11.6. The zero-order valence-corrected chi connectivity index (χ0v) is 13.2. The molecule has 1 aromatic heterocycles. The highest BCUT2D eigenvalue weighted by Crippen LogP contribution is 2.17. The smallest absolute Gasteiger partial charge is 0.258 e. The zero-order valence-electron chi connectivity index (χ0n) is 13.2. The Morgan fingerprint density at radius 1 is 1.35 bits per heavy atom. The van der Waals surface area contributed by atoms with Crippen LogP contribution in [0.15, 0.2) is 47.1 Å². The van der Waals surface area contributed by atoms with Crippen molar-refractivity contribution in [2.24, 2.45) is 0 Å². The lowest BCUT2D eigenvalue weighted by atomic mass is 10.2. The van der Waals surface area contributed by atoms with Crippen molar-refractivity contribution >= 4 is 5.91 Å². The molecule has 1 heterocycles. The van der Waals surface area contributed by atoms with Gasteiger partial charge in [0.15, 0.2) is 6.61 Å². The van der Waals surface area contributed by atoms with Gasteiger partial charge in [0, 0.05) is 6.54 Å². The number of nitriles is 1. The van der Waals surface area contributed by atoms with Gasteiger partial charge in [0.2, 0.25) is 0 Å². The third-order valence-electron chi connectivity index (χ3n) is 3.34. The zero-order chi connectivity index (χ0) is 16.7. The first-order valence-electron chi connectivity index (χ1n) is 7.19. The van der Waals surface area contributed by atoms with Crippen LogP contribution in [0.4, 0.5) is 0 Å². The topological polar surface area (TPSA) is 78.5 Å². The van der Waals surface area contributed by atoms with Gasteiger partial charge in [0.1, 0.15) is 11.5 Å². The van der Waals surface area contributed by atoms with Gasteiger partial charge in [-0.3, -0.25) is 9.69 Å². The predicted molar refractivity (Wildman–Crippen MR) is 84.8 cm³/mol. The Labute approximate surface area is 135 Å². The number of carbonyl (C=O) groups is 1. The summed E-state index contributed by atoms with van der Waals surface area (Å²) in [6.07, 6.45) is 1.61. The third kappa shape index (κ3) is 4.87. The van der Waals surface area contributed by atoms with E-state index in [9.17, 15) is 4.79 Å². The van der Waals surface area contributed by atoms with E-state index in [4.69, 9.17) is 14.4 Å². The average molecular weight is 313 g/mol. The van der Waals surface area contributed by atoms with Gasteiger partial charge in [-0.25, -0.2) is 0 Å². The van der Waals surface area contributed by atoms with Gasteiger partial charge in [-0.1, -0.05) is 0 Å². The molecule has 0 aliphatic carbocycles. The number of nitrogens with one attached hydrogen (secondary N) is 1. The minimum Gasteiger partial charge on any atom is -0.484 e. The maximum absolute atomic E-state index is 11.9. The number of amides is 1. The predicted octanol–water partition coefficient (Wildman–Crippen LogP) is 1.95. The molecule has 0 saturated carbocycles. The Morgan fingerprint density at radius 3 is 2.65 bits per heavy atom. The van der Waals surface area contributed by atoms with E-state index < -0.39 is 0 Å². The van der Waals surface area contributed by atoms with Gasteiger partial charge >= 0.3 is 0 Å². The maximum Gasteiger partial charge on any atom is 0.258 e. The highest BCUT2D eigenvalue weighted by molar-refractivity contribution is 5.77. The van der Waals surface area contributed by atoms with Gasteiger partial charge in [-0.15, -0.1) is 0 Å². The van der Waals surface area contributed by atoms with E-state index in [1.165, 1.54) is 0 Å². The fourth-order valence-corrected chi connectivity index (χ4v) is 2.05. The molecular weight excluding hydrogens is 294 g/mol.